The van der Waals surface area contributed by atoms with Crippen molar-refractivity contribution in [3.8, 4) is 6.07 Å². The average molecular weight is 368 g/mol. The van der Waals surface area contributed by atoms with Gasteiger partial charge in [0.25, 0.3) is 0 Å². The Morgan fingerprint density at radius 1 is 1.23 bits per heavy atom. The Labute approximate surface area is 159 Å². The van der Waals surface area contributed by atoms with Crippen LogP contribution in [0.1, 0.15) is 53.3 Å². The van der Waals surface area contributed by atoms with Gasteiger partial charge >= 0.3 is 0 Å². The first-order valence-electron chi connectivity index (χ1n) is 9.19. The number of amides is 1. The predicted octanol–water partition coefficient (Wildman–Crippen LogP) is 4.94. The lowest BCUT2D eigenvalue weighted by Crippen LogP contribution is -2.32. The van der Waals surface area contributed by atoms with Crippen molar-refractivity contribution in [2.75, 3.05) is 10.6 Å². The molecule has 0 bridgehead atoms. The molecular weight excluding hydrogens is 342 g/mol. The molecule has 26 heavy (non-hydrogen) atoms. The third-order valence-corrected chi connectivity index (χ3v) is 6.14. The molecule has 2 aromatic rings. The first kappa shape index (κ1) is 18.5. The molecule has 1 aromatic heterocycles. The van der Waals surface area contributed by atoms with E-state index in [0.717, 1.165) is 48.1 Å². The topological polar surface area (TPSA) is 64.9 Å². The monoisotopic (exact) mass is 367 g/mol. The van der Waals surface area contributed by atoms with Crippen LogP contribution in [0.25, 0.3) is 0 Å². The van der Waals surface area contributed by atoms with E-state index in [-0.39, 0.29) is 11.9 Å². The minimum absolute atomic E-state index is 0.112. The van der Waals surface area contributed by atoms with Gasteiger partial charge in [0.1, 0.15) is 17.1 Å². The predicted molar refractivity (Wildman–Crippen MR) is 108 cm³/mol. The fourth-order valence-corrected chi connectivity index (χ4v) is 4.60. The zero-order chi connectivity index (χ0) is 18.7. The molecule has 0 saturated carbocycles. The highest BCUT2D eigenvalue weighted by molar-refractivity contribution is 7.16. The third-order valence-electron chi connectivity index (χ3n) is 4.93. The number of nitrogens with one attached hydrogen (secondary N) is 2. The van der Waals surface area contributed by atoms with E-state index in [1.165, 1.54) is 11.3 Å². The fourth-order valence-electron chi connectivity index (χ4n) is 3.36. The van der Waals surface area contributed by atoms with Crippen LogP contribution in [0, 0.1) is 25.2 Å². The van der Waals surface area contributed by atoms with Crippen molar-refractivity contribution in [2.45, 2.75) is 58.9 Å². The van der Waals surface area contributed by atoms with Gasteiger partial charge in [0.15, 0.2) is 0 Å². The second-order valence-corrected chi connectivity index (χ2v) is 8.16. The molecule has 1 heterocycles. The van der Waals surface area contributed by atoms with E-state index in [1.54, 1.807) is 11.3 Å². The number of carbonyl (C=O) groups is 1. The van der Waals surface area contributed by atoms with Crippen LogP contribution in [0.5, 0.6) is 0 Å². The molecule has 2 N–H and O–H groups in total. The normalized spacial score (nSPS) is 14.7. The van der Waals surface area contributed by atoms with Crippen molar-refractivity contribution in [1.29, 1.82) is 5.26 Å². The maximum atomic E-state index is 12.7. The Hall–Kier alpha value is -2.32. The number of carbonyl (C=O) groups excluding carboxylic acids is 1. The zero-order valence-corrected chi connectivity index (χ0v) is 16.4. The minimum atomic E-state index is -0.385. The maximum absolute atomic E-state index is 12.7. The molecule has 0 saturated heterocycles. The molecule has 3 rings (SSSR count). The van der Waals surface area contributed by atoms with Gasteiger partial charge in [-0.1, -0.05) is 18.6 Å². The maximum Gasteiger partial charge on any atom is 0.247 e. The molecular formula is C21H25N3OS. The van der Waals surface area contributed by atoms with E-state index in [9.17, 15) is 10.1 Å². The summed E-state index contributed by atoms with van der Waals surface area (Å²) in [5, 5.41) is 16.6. The summed E-state index contributed by atoms with van der Waals surface area (Å²) in [7, 11) is 0. The first-order chi connectivity index (χ1) is 12.5. The number of anilines is 2. The van der Waals surface area contributed by atoms with Gasteiger partial charge in [0.2, 0.25) is 5.91 Å². The fraction of sp³-hybridized carbons (Fsp3) is 0.429. The highest BCUT2D eigenvalue weighted by Gasteiger charge is 2.22. The van der Waals surface area contributed by atoms with Crippen LogP contribution in [0.15, 0.2) is 18.2 Å². The molecule has 0 unspecified atom stereocenters. The molecule has 1 aliphatic carbocycles. The van der Waals surface area contributed by atoms with Crippen LogP contribution in [0.2, 0.25) is 0 Å². The highest BCUT2D eigenvalue weighted by Crippen LogP contribution is 2.37. The molecule has 0 spiro atoms. The van der Waals surface area contributed by atoms with Crippen LogP contribution in [-0.2, 0) is 17.6 Å². The van der Waals surface area contributed by atoms with E-state index in [2.05, 4.69) is 22.8 Å². The van der Waals surface area contributed by atoms with Gasteiger partial charge in [-0.25, -0.2) is 0 Å². The summed E-state index contributed by atoms with van der Waals surface area (Å²) in [6, 6.07) is 8.09. The van der Waals surface area contributed by atoms with Gasteiger partial charge < -0.3 is 10.6 Å². The van der Waals surface area contributed by atoms with E-state index in [4.69, 9.17) is 0 Å². The lowest BCUT2D eigenvalue weighted by Gasteiger charge is -2.17. The summed E-state index contributed by atoms with van der Waals surface area (Å²) in [4.78, 5) is 14.0. The SMILES string of the molecule is Cc1ccc(C)c(N[C@@H](C)C(=O)Nc2sc3c(c2C#N)CCCCC3)c1. The van der Waals surface area contributed by atoms with Crippen LogP contribution >= 0.6 is 11.3 Å². The molecule has 0 aliphatic heterocycles. The summed E-state index contributed by atoms with van der Waals surface area (Å²) in [5.74, 6) is -0.112. The smallest absolute Gasteiger partial charge is 0.247 e. The van der Waals surface area contributed by atoms with Crippen LogP contribution in [0.4, 0.5) is 10.7 Å². The van der Waals surface area contributed by atoms with E-state index < -0.39 is 0 Å². The number of hydrogen-bond acceptors (Lipinski definition) is 4. The average Bonchev–Trinajstić information content (AvgIpc) is 2.77. The summed E-state index contributed by atoms with van der Waals surface area (Å²) in [5.41, 5.74) is 5.05. The summed E-state index contributed by atoms with van der Waals surface area (Å²) >= 11 is 1.58. The minimum Gasteiger partial charge on any atom is -0.374 e. The van der Waals surface area contributed by atoms with Crippen molar-refractivity contribution in [1.82, 2.24) is 0 Å². The first-order valence-corrected chi connectivity index (χ1v) is 10.0. The molecule has 136 valence electrons. The standard InChI is InChI=1S/C21H25N3OS/c1-13-9-10-14(2)18(11-13)23-15(3)20(25)24-21-17(12-22)16-7-5-4-6-8-19(16)26-21/h9-11,15,23H,4-8H2,1-3H3,(H,24,25)/t15-/m0/s1. The lowest BCUT2D eigenvalue weighted by atomic mass is 10.1. The third kappa shape index (κ3) is 3.91. The van der Waals surface area contributed by atoms with E-state index in [0.29, 0.717) is 10.6 Å². The molecule has 1 aliphatic rings. The number of nitriles is 1. The van der Waals surface area contributed by atoms with Crippen LogP contribution < -0.4 is 10.6 Å². The van der Waals surface area contributed by atoms with Crippen molar-refractivity contribution in [3.05, 3.63) is 45.3 Å². The lowest BCUT2D eigenvalue weighted by molar-refractivity contribution is -0.116. The van der Waals surface area contributed by atoms with E-state index >= 15 is 0 Å². The second-order valence-electron chi connectivity index (χ2n) is 7.05. The van der Waals surface area contributed by atoms with Crippen LogP contribution in [-0.4, -0.2) is 11.9 Å². The van der Waals surface area contributed by atoms with Gasteiger partial charge in [-0.05, 0) is 69.2 Å². The second kappa shape index (κ2) is 7.92. The van der Waals surface area contributed by atoms with Gasteiger partial charge in [0, 0.05) is 10.6 Å². The van der Waals surface area contributed by atoms with E-state index in [1.807, 2.05) is 32.9 Å². The molecule has 1 amide bonds. The van der Waals surface area contributed by atoms with Crippen molar-refractivity contribution >= 4 is 27.9 Å². The van der Waals surface area contributed by atoms with Crippen molar-refractivity contribution in [2.24, 2.45) is 0 Å². The number of fused-ring (bicyclic) bond motifs is 1. The number of hydrogen-bond donors (Lipinski definition) is 2. The van der Waals surface area contributed by atoms with Gasteiger partial charge in [-0.3, -0.25) is 4.79 Å². The quantitative estimate of drug-likeness (QED) is 0.752. The highest BCUT2D eigenvalue weighted by atomic mass is 32.1. The molecule has 0 fully saturated rings. The Bertz CT molecular complexity index is 863. The molecule has 0 radical (unpaired) electrons. The zero-order valence-electron chi connectivity index (χ0n) is 15.6. The van der Waals surface area contributed by atoms with Gasteiger partial charge in [-0.15, -0.1) is 11.3 Å². The van der Waals surface area contributed by atoms with Gasteiger partial charge in [0.05, 0.1) is 5.56 Å². The number of aryl methyl sites for hydroxylation is 3. The summed E-state index contributed by atoms with van der Waals surface area (Å²) in [6.07, 6.45) is 5.46. The Kier molecular flexibility index (Phi) is 5.63. The largest absolute Gasteiger partial charge is 0.374 e. The van der Waals surface area contributed by atoms with Gasteiger partial charge in [-0.2, -0.15) is 5.26 Å². The summed E-state index contributed by atoms with van der Waals surface area (Å²) in [6.45, 7) is 5.91. The number of benzene rings is 1. The molecule has 4 nitrogen and oxygen atoms in total. The summed E-state index contributed by atoms with van der Waals surface area (Å²) < 4.78 is 0. The molecule has 5 heteroatoms. The van der Waals surface area contributed by atoms with Crippen molar-refractivity contribution in [3.63, 3.8) is 0 Å². The Morgan fingerprint density at radius 3 is 2.77 bits per heavy atom. The Morgan fingerprint density at radius 2 is 2.00 bits per heavy atom. The van der Waals surface area contributed by atoms with Crippen LogP contribution in [0.3, 0.4) is 0 Å². The number of rotatable bonds is 4. The molecule has 1 aromatic carbocycles. The molecule has 1 atom stereocenters. The number of nitrogens with zero attached hydrogens (tertiary/aromatic N) is 1. The Balaban J connectivity index is 1.75. The number of thiophene rings is 1. The van der Waals surface area contributed by atoms with Crippen molar-refractivity contribution < 1.29 is 4.79 Å².